The Morgan fingerprint density at radius 3 is 2.87 bits per heavy atom. The fourth-order valence-corrected chi connectivity index (χ4v) is 1.73. The van der Waals surface area contributed by atoms with Gasteiger partial charge in [0.15, 0.2) is 5.65 Å². The van der Waals surface area contributed by atoms with Crippen molar-refractivity contribution < 1.29 is 4.79 Å². The van der Waals surface area contributed by atoms with Crippen LogP contribution in [0.4, 0.5) is 0 Å². The average molecular weight is 202 g/mol. The number of nitrogens with zero attached hydrogens (tertiary/aromatic N) is 3. The van der Waals surface area contributed by atoms with E-state index in [1.165, 1.54) is 18.4 Å². The summed E-state index contributed by atoms with van der Waals surface area (Å²) >= 11 is 0. The molecule has 2 aromatic heterocycles. The first kappa shape index (κ1) is 8.40. The molecular formula is C10H10N4O. The van der Waals surface area contributed by atoms with Crippen molar-refractivity contribution in [1.29, 1.82) is 0 Å². The third kappa shape index (κ3) is 1.27. The first-order valence-electron chi connectivity index (χ1n) is 4.90. The van der Waals surface area contributed by atoms with Gasteiger partial charge in [0.2, 0.25) is 5.82 Å². The second kappa shape index (κ2) is 2.79. The Morgan fingerprint density at radius 2 is 2.20 bits per heavy atom. The zero-order valence-electron chi connectivity index (χ0n) is 8.05. The van der Waals surface area contributed by atoms with Crippen molar-refractivity contribution >= 4 is 11.6 Å². The van der Waals surface area contributed by atoms with Crippen molar-refractivity contribution in [2.75, 3.05) is 0 Å². The van der Waals surface area contributed by atoms with E-state index in [9.17, 15) is 4.79 Å². The number of primary amides is 1. The maximum Gasteiger partial charge on any atom is 0.287 e. The molecule has 0 aromatic carbocycles. The van der Waals surface area contributed by atoms with E-state index in [1.807, 2.05) is 18.3 Å². The monoisotopic (exact) mass is 202 g/mol. The number of carbonyl (C=O) groups excluding carboxylic acids is 1. The highest BCUT2D eigenvalue weighted by Crippen LogP contribution is 2.39. The van der Waals surface area contributed by atoms with Crippen molar-refractivity contribution in [3.63, 3.8) is 0 Å². The Bertz CT molecular complexity index is 541. The number of hydrogen-bond acceptors (Lipinski definition) is 3. The standard InChI is InChI=1S/C10H10N4O/c11-9(15)10-13-12-8-4-3-7(5-14(8)10)6-1-2-6/h3-6H,1-2H2,(H2,11,15). The van der Waals surface area contributed by atoms with Gasteiger partial charge in [0.25, 0.3) is 5.91 Å². The molecule has 3 rings (SSSR count). The van der Waals surface area contributed by atoms with Gasteiger partial charge in [0.05, 0.1) is 0 Å². The number of fused-ring (bicyclic) bond motifs is 1. The van der Waals surface area contributed by atoms with Gasteiger partial charge in [-0.25, -0.2) is 0 Å². The molecule has 0 radical (unpaired) electrons. The smallest absolute Gasteiger partial charge is 0.287 e. The lowest BCUT2D eigenvalue weighted by molar-refractivity contribution is 0.0989. The largest absolute Gasteiger partial charge is 0.363 e. The summed E-state index contributed by atoms with van der Waals surface area (Å²) in [5, 5.41) is 7.63. The molecule has 0 bridgehead atoms. The van der Waals surface area contributed by atoms with Gasteiger partial charge >= 0.3 is 0 Å². The highest BCUT2D eigenvalue weighted by atomic mass is 16.1. The minimum Gasteiger partial charge on any atom is -0.363 e. The summed E-state index contributed by atoms with van der Waals surface area (Å²) < 4.78 is 1.66. The molecule has 0 aliphatic heterocycles. The summed E-state index contributed by atoms with van der Waals surface area (Å²) in [7, 11) is 0. The lowest BCUT2D eigenvalue weighted by Crippen LogP contribution is -2.15. The quantitative estimate of drug-likeness (QED) is 0.779. The van der Waals surface area contributed by atoms with Crippen LogP contribution in [0, 0.1) is 0 Å². The Labute approximate surface area is 85.9 Å². The Hall–Kier alpha value is -1.91. The normalized spacial score (nSPS) is 15.7. The van der Waals surface area contributed by atoms with Crippen LogP contribution < -0.4 is 5.73 Å². The van der Waals surface area contributed by atoms with Crippen molar-refractivity contribution in [1.82, 2.24) is 14.6 Å². The van der Waals surface area contributed by atoms with Crippen molar-refractivity contribution in [3.05, 3.63) is 29.7 Å². The summed E-state index contributed by atoms with van der Waals surface area (Å²) in [5.41, 5.74) is 7.09. The van der Waals surface area contributed by atoms with E-state index in [4.69, 9.17) is 5.73 Å². The van der Waals surface area contributed by atoms with Crippen LogP contribution in [0.3, 0.4) is 0 Å². The number of aromatic nitrogens is 3. The number of carbonyl (C=O) groups is 1. The molecule has 1 aliphatic carbocycles. The molecule has 15 heavy (non-hydrogen) atoms. The minimum atomic E-state index is -0.546. The van der Waals surface area contributed by atoms with E-state index in [0.29, 0.717) is 11.6 Å². The van der Waals surface area contributed by atoms with Crippen LogP contribution in [0.2, 0.25) is 0 Å². The maximum atomic E-state index is 11.1. The molecule has 2 N–H and O–H groups in total. The number of nitrogens with two attached hydrogens (primary N) is 1. The molecule has 1 fully saturated rings. The molecular weight excluding hydrogens is 192 g/mol. The molecule has 76 valence electrons. The van der Waals surface area contributed by atoms with Crippen LogP contribution in [0.1, 0.15) is 34.9 Å². The van der Waals surface area contributed by atoms with Crippen LogP contribution in [0.5, 0.6) is 0 Å². The SMILES string of the molecule is NC(=O)c1nnc2ccc(C3CC3)cn12. The molecule has 0 atom stereocenters. The van der Waals surface area contributed by atoms with E-state index >= 15 is 0 Å². The van der Waals surface area contributed by atoms with Gasteiger partial charge in [-0.2, -0.15) is 0 Å². The van der Waals surface area contributed by atoms with Crippen molar-refractivity contribution in [3.8, 4) is 0 Å². The molecule has 2 heterocycles. The number of rotatable bonds is 2. The lowest BCUT2D eigenvalue weighted by atomic mass is 10.2. The summed E-state index contributed by atoms with van der Waals surface area (Å²) in [6, 6.07) is 3.90. The van der Waals surface area contributed by atoms with Gasteiger partial charge in [0, 0.05) is 6.20 Å². The fourth-order valence-electron chi connectivity index (χ4n) is 1.73. The third-order valence-electron chi connectivity index (χ3n) is 2.69. The highest BCUT2D eigenvalue weighted by Gasteiger charge is 2.24. The predicted molar refractivity (Wildman–Crippen MR) is 53.5 cm³/mol. The van der Waals surface area contributed by atoms with Crippen molar-refractivity contribution in [2.24, 2.45) is 5.73 Å². The second-order valence-electron chi connectivity index (χ2n) is 3.85. The zero-order chi connectivity index (χ0) is 10.4. The third-order valence-corrected chi connectivity index (χ3v) is 2.69. The second-order valence-corrected chi connectivity index (χ2v) is 3.85. The van der Waals surface area contributed by atoms with E-state index in [1.54, 1.807) is 4.40 Å². The van der Waals surface area contributed by atoms with Crippen molar-refractivity contribution in [2.45, 2.75) is 18.8 Å². The predicted octanol–water partition coefficient (Wildman–Crippen LogP) is 0.706. The molecule has 0 unspecified atom stereocenters. The molecule has 0 saturated heterocycles. The van der Waals surface area contributed by atoms with Gasteiger partial charge in [0.1, 0.15) is 0 Å². The topological polar surface area (TPSA) is 73.3 Å². The highest BCUT2D eigenvalue weighted by molar-refractivity contribution is 5.89. The minimum absolute atomic E-state index is 0.201. The first-order chi connectivity index (χ1) is 7.25. The lowest BCUT2D eigenvalue weighted by Gasteiger charge is -2.00. The fraction of sp³-hybridized carbons (Fsp3) is 0.300. The molecule has 1 aliphatic rings. The summed E-state index contributed by atoms with van der Waals surface area (Å²) in [5.74, 6) is 0.292. The van der Waals surface area contributed by atoms with E-state index < -0.39 is 5.91 Å². The molecule has 2 aromatic rings. The molecule has 1 saturated carbocycles. The molecule has 0 spiro atoms. The summed E-state index contributed by atoms with van der Waals surface area (Å²) in [6.45, 7) is 0. The van der Waals surface area contributed by atoms with Gasteiger partial charge in [-0.15, -0.1) is 10.2 Å². The molecule has 5 heteroatoms. The van der Waals surface area contributed by atoms with Crippen LogP contribution in [-0.4, -0.2) is 20.5 Å². The number of amides is 1. The average Bonchev–Trinajstić information content (AvgIpc) is 2.97. The van der Waals surface area contributed by atoms with Gasteiger partial charge in [-0.3, -0.25) is 9.20 Å². The summed E-state index contributed by atoms with van der Waals surface area (Å²) in [6.07, 6.45) is 4.35. The van der Waals surface area contributed by atoms with E-state index in [2.05, 4.69) is 10.2 Å². The maximum absolute atomic E-state index is 11.1. The summed E-state index contributed by atoms with van der Waals surface area (Å²) in [4.78, 5) is 11.1. The number of hydrogen-bond donors (Lipinski definition) is 1. The van der Waals surface area contributed by atoms with Crippen LogP contribution in [-0.2, 0) is 0 Å². The van der Waals surface area contributed by atoms with Gasteiger partial charge < -0.3 is 5.73 Å². The number of pyridine rings is 1. The molecule has 1 amide bonds. The van der Waals surface area contributed by atoms with Crippen LogP contribution >= 0.6 is 0 Å². The molecule has 5 nitrogen and oxygen atoms in total. The zero-order valence-corrected chi connectivity index (χ0v) is 8.05. The van der Waals surface area contributed by atoms with Gasteiger partial charge in [-0.1, -0.05) is 6.07 Å². The Morgan fingerprint density at radius 1 is 1.40 bits per heavy atom. The van der Waals surface area contributed by atoms with Crippen LogP contribution in [0.15, 0.2) is 18.3 Å². The van der Waals surface area contributed by atoms with E-state index in [0.717, 1.165) is 0 Å². The van der Waals surface area contributed by atoms with Gasteiger partial charge in [-0.05, 0) is 30.4 Å². The Kier molecular flexibility index (Phi) is 1.56. The Balaban J connectivity index is 2.21. The van der Waals surface area contributed by atoms with E-state index in [-0.39, 0.29) is 5.82 Å². The van der Waals surface area contributed by atoms with Crippen LogP contribution in [0.25, 0.3) is 5.65 Å². The first-order valence-corrected chi connectivity index (χ1v) is 4.90.